The molecular weight excluding hydrogens is 464 g/mol. The van der Waals surface area contributed by atoms with Gasteiger partial charge in [0.15, 0.2) is 0 Å². The quantitative estimate of drug-likeness (QED) is 0.303. The number of rotatable bonds is 7. The first kappa shape index (κ1) is 22.8. The third-order valence-electron chi connectivity index (χ3n) is 5.29. The standard InChI is InChI=1S/C23H21ClN4O4S/c1-12-7-16-15(9-17(12)31-3)21(13(2)28(16)11-20-26-10-18(24)33-20)22(29)23(30)27-14-5-6-25-19(8-14)32-4/h5-10H,11H2,1-4H3,(H,25,27,30). The number of halogens is 1. The lowest BCUT2D eigenvalue weighted by atomic mass is 10.0. The number of Topliss-reactive ketones (excluding diaryl/α,β-unsaturated/α-hetero) is 1. The van der Waals surface area contributed by atoms with Gasteiger partial charge in [-0.3, -0.25) is 9.59 Å². The minimum Gasteiger partial charge on any atom is -0.496 e. The number of carbonyl (C=O) groups is 2. The second-order valence-electron chi connectivity index (χ2n) is 7.31. The SMILES string of the molecule is COc1cc(NC(=O)C(=O)c2c(C)n(Cc3ncc(Cl)s3)c3cc(C)c(OC)cc23)ccn1. The highest BCUT2D eigenvalue weighted by Gasteiger charge is 2.26. The summed E-state index contributed by atoms with van der Waals surface area (Å²) in [7, 11) is 3.04. The molecule has 3 heterocycles. The summed E-state index contributed by atoms with van der Waals surface area (Å²) in [6, 6.07) is 6.86. The van der Waals surface area contributed by atoms with Crippen molar-refractivity contribution in [3.05, 3.63) is 62.8 Å². The van der Waals surface area contributed by atoms with Gasteiger partial charge in [-0.15, -0.1) is 11.3 Å². The van der Waals surface area contributed by atoms with Crippen LogP contribution in [0.2, 0.25) is 4.34 Å². The lowest BCUT2D eigenvalue weighted by Gasteiger charge is -2.08. The molecule has 0 radical (unpaired) electrons. The summed E-state index contributed by atoms with van der Waals surface area (Å²) >= 11 is 7.42. The monoisotopic (exact) mass is 484 g/mol. The molecule has 8 nitrogen and oxygen atoms in total. The molecule has 4 rings (SSSR count). The van der Waals surface area contributed by atoms with Crippen LogP contribution in [0.3, 0.4) is 0 Å². The summed E-state index contributed by atoms with van der Waals surface area (Å²) in [5, 5.41) is 4.05. The Morgan fingerprint density at radius 2 is 1.94 bits per heavy atom. The number of anilines is 1. The Labute approximate surface area is 199 Å². The van der Waals surface area contributed by atoms with Gasteiger partial charge in [0.05, 0.1) is 32.5 Å². The maximum Gasteiger partial charge on any atom is 0.296 e. The molecule has 0 atom stereocenters. The van der Waals surface area contributed by atoms with Gasteiger partial charge < -0.3 is 19.4 Å². The number of aryl methyl sites for hydroxylation is 1. The minimum absolute atomic E-state index is 0.310. The predicted molar refractivity (Wildman–Crippen MR) is 128 cm³/mol. The van der Waals surface area contributed by atoms with Gasteiger partial charge in [-0.05, 0) is 37.6 Å². The molecule has 0 aliphatic rings. The average Bonchev–Trinajstić information content (AvgIpc) is 3.33. The summed E-state index contributed by atoms with van der Waals surface area (Å²) in [6.07, 6.45) is 3.09. The van der Waals surface area contributed by atoms with Crippen LogP contribution >= 0.6 is 22.9 Å². The number of ketones is 1. The molecule has 3 aromatic heterocycles. The number of thiazole rings is 1. The minimum atomic E-state index is -0.762. The Kier molecular flexibility index (Phi) is 6.35. The number of nitrogens with zero attached hydrogens (tertiary/aromatic N) is 3. The highest BCUT2D eigenvalue weighted by Crippen LogP contribution is 2.33. The lowest BCUT2D eigenvalue weighted by Crippen LogP contribution is -2.23. The zero-order valence-corrected chi connectivity index (χ0v) is 20.0. The number of hydrogen-bond donors (Lipinski definition) is 1. The lowest BCUT2D eigenvalue weighted by molar-refractivity contribution is -0.112. The van der Waals surface area contributed by atoms with Crippen LogP contribution in [0.5, 0.6) is 11.6 Å². The van der Waals surface area contributed by atoms with E-state index in [2.05, 4.69) is 15.3 Å². The number of carbonyl (C=O) groups excluding carboxylic acids is 2. The first-order chi connectivity index (χ1) is 15.8. The Morgan fingerprint density at radius 3 is 2.61 bits per heavy atom. The summed E-state index contributed by atoms with van der Waals surface area (Å²) < 4.78 is 13.1. The topological polar surface area (TPSA) is 95.3 Å². The van der Waals surface area contributed by atoms with Crippen LogP contribution in [0.15, 0.2) is 36.7 Å². The number of hydrogen-bond acceptors (Lipinski definition) is 7. The van der Waals surface area contributed by atoms with E-state index in [0.717, 1.165) is 16.1 Å². The smallest absolute Gasteiger partial charge is 0.296 e. The van der Waals surface area contributed by atoms with Crippen molar-refractivity contribution in [3.63, 3.8) is 0 Å². The van der Waals surface area contributed by atoms with Crippen LogP contribution in [0, 0.1) is 13.8 Å². The van der Waals surface area contributed by atoms with Gasteiger partial charge in [-0.2, -0.15) is 0 Å². The molecular formula is C23H21ClN4O4S. The molecule has 170 valence electrons. The predicted octanol–water partition coefficient (Wildman–Crippen LogP) is 4.65. The van der Waals surface area contributed by atoms with Crippen molar-refractivity contribution in [2.45, 2.75) is 20.4 Å². The van der Waals surface area contributed by atoms with Gasteiger partial charge in [0.25, 0.3) is 11.7 Å². The maximum atomic E-state index is 13.3. The fourth-order valence-electron chi connectivity index (χ4n) is 3.71. The third kappa shape index (κ3) is 4.42. The van der Waals surface area contributed by atoms with Crippen molar-refractivity contribution in [2.24, 2.45) is 0 Å². The molecule has 1 N–H and O–H groups in total. The summed E-state index contributed by atoms with van der Waals surface area (Å²) in [5.41, 5.74) is 3.08. The Hall–Kier alpha value is -3.43. The second-order valence-corrected chi connectivity index (χ2v) is 9.06. The number of nitrogens with one attached hydrogen (secondary N) is 1. The molecule has 0 unspecified atom stereocenters. The molecule has 0 fully saturated rings. The number of methoxy groups -OCH3 is 2. The molecule has 0 aliphatic carbocycles. The Morgan fingerprint density at radius 1 is 1.15 bits per heavy atom. The second kappa shape index (κ2) is 9.21. The van der Waals surface area contributed by atoms with Crippen molar-refractivity contribution < 1.29 is 19.1 Å². The van der Waals surface area contributed by atoms with Gasteiger partial charge in [0.1, 0.15) is 15.1 Å². The molecule has 1 amide bonds. The van der Waals surface area contributed by atoms with E-state index < -0.39 is 11.7 Å². The summed E-state index contributed by atoms with van der Waals surface area (Å²) in [5.74, 6) is -0.460. The zero-order valence-electron chi connectivity index (χ0n) is 18.4. The van der Waals surface area contributed by atoms with Crippen molar-refractivity contribution in [1.29, 1.82) is 0 Å². The van der Waals surface area contributed by atoms with E-state index in [1.807, 2.05) is 24.5 Å². The zero-order chi connectivity index (χ0) is 23.7. The molecule has 4 aromatic rings. The van der Waals surface area contributed by atoms with Crippen molar-refractivity contribution in [1.82, 2.24) is 14.5 Å². The van der Waals surface area contributed by atoms with Crippen LogP contribution in [0.25, 0.3) is 10.9 Å². The number of amides is 1. The van der Waals surface area contributed by atoms with E-state index in [9.17, 15) is 9.59 Å². The molecule has 0 saturated heterocycles. The van der Waals surface area contributed by atoms with Crippen molar-refractivity contribution in [2.75, 3.05) is 19.5 Å². The third-order valence-corrected chi connectivity index (χ3v) is 6.39. The average molecular weight is 485 g/mol. The van der Waals surface area contributed by atoms with E-state index in [4.69, 9.17) is 21.1 Å². The molecule has 0 spiro atoms. The van der Waals surface area contributed by atoms with Crippen LogP contribution < -0.4 is 14.8 Å². The number of fused-ring (bicyclic) bond motifs is 1. The molecule has 33 heavy (non-hydrogen) atoms. The first-order valence-electron chi connectivity index (χ1n) is 9.95. The normalized spacial score (nSPS) is 10.9. The van der Waals surface area contributed by atoms with Crippen LogP contribution in [0.1, 0.15) is 26.6 Å². The molecule has 0 aliphatic heterocycles. The molecule has 10 heteroatoms. The summed E-state index contributed by atoms with van der Waals surface area (Å²) in [6.45, 7) is 4.16. The molecule has 0 bridgehead atoms. The largest absolute Gasteiger partial charge is 0.496 e. The van der Waals surface area contributed by atoms with Crippen molar-refractivity contribution in [3.8, 4) is 11.6 Å². The van der Waals surface area contributed by atoms with Gasteiger partial charge in [-0.1, -0.05) is 11.6 Å². The molecule has 1 aromatic carbocycles. The van der Waals surface area contributed by atoms with Crippen LogP contribution in [-0.2, 0) is 11.3 Å². The van der Waals surface area contributed by atoms with Crippen LogP contribution in [0.4, 0.5) is 5.69 Å². The fraction of sp³-hybridized carbons (Fsp3) is 0.217. The maximum absolute atomic E-state index is 13.3. The van der Waals surface area contributed by atoms with E-state index in [0.29, 0.717) is 44.8 Å². The fourth-order valence-corrected chi connectivity index (χ4v) is 4.66. The number of benzene rings is 1. The Bertz CT molecular complexity index is 1380. The van der Waals surface area contributed by atoms with Gasteiger partial charge >= 0.3 is 0 Å². The highest BCUT2D eigenvalue weighted by atomic mass is 35.5. The number of ether oxygens (including phenoxy) is 2. The van der Waals surface area contributed by atoms with Gasteiger partial charge in [0.2, 0.25) is 5.88 Å². The van der Waals surface area contributed by atoms with E-state index in [1.54, 1.807) is 31.5 Å². The molecule has 0 saturated carbocycles. The van der Waals surface area contributed by atoms with Gasteiger partial charge in [-0.25, -0.2) is 9.97 Å². The Balaban J connectivity index is 1.78. The summed E-state index contributed by atoms with van der Waals surface area (Å²) in [4.78, 5) is 34.6. The van der Waals surface area contributed by atoms with E-state index in [1.165, 1.54) is 24.6 Å². The number of pyridine rings is 1. The van der Waals surface area contributed by atoms with Crippen molar-refractivity contribution >= 4 is 51.2 Å². The number of aromatic nitrogens is 3. The van der Waals surface area contributed by atoms with E-state index >= 15 is 0 Å². The van der Waals surface area contributed by atoms with Gasteiger partial charge in [0, 0.05) is 34.5 Å². The highest BCUT2D eigenvalue weighted by molar-refractivity contribution is 7.15. The first-order valence-corrected chi connectivity index (χ1v) is 11.1. The van der Waals surface area contributed by atoms with Crippen LogP contribution in [-0.4, -0.2) is 40.4 Å². The van der Waals surface area contributed by atoms with E-state index in [-0.39, 0.29) is 0 Å².